The maximum atomic E-state index is 8.97. The molecule has 0 radical (unpaired) electrons. The van der Waals surface area contributed by atoms with Crippen molar-refractivity contribution >= 4 is 11.8 Å². The van der Waals surface area contributed by atoms with E-state index in [1.807, 2.05) is 12.1 Å². The average molecular weight is 179 g/mol. The van der Waals surface area contributed by atoms with Crippen molar-refractivity contribution < 1.29 is 5.11 Å². The number of phenols is 1. The maximum absolute atomic E-state index is 8.97. The molecule has 0 aliphatic carbocycles. The molecule has 3 heteroatoms. The molecule has 2 nitrogen and oxygen atoms in total. The molecule has 0 aliphatic heterocycles. The van der Waals surface area contributed by atoms with Gasteiger partial charge in [-0.1, -0.05) is 0 Å². The number of aromatic hydroxyl groups is 1. The summed E-state index contributed by atoms with van der Waals surface area (Å²) in [6.07, 6.45) is 0.561. The van der Waals surface area contributed by atoms with Gasteiger partial charge in [0.2, 0.25) is 0 Å². The highest BCUT2D eigenvalue weighted by Gasteiger charge is 1.92. The molecule has 0 aromatic heterocycles. The van der Waals surface area contributed by atoms with Gasteiger partial charge in [0.15, 0.2) is 0 Å². The fourth-order valence-electron chi connectivity index (χ4n) is 0.757. The third-order valence-corrected chi connectivity index (χ3v) is 2.33. The number of nitrogens with zero attached hydrogens (tertiary/aromatic N) is 1. The highest BCUT2D eigenvalue weighted by atomic mass is 32.2. The van der Waals surface area contributed by atoms with Crippen LogP contribution < -0.4 is 0 Å². The quantitative estimate of drug-likeness (QED) is 0.572. The molecule has 0 amide bonds. The summed E-state index contributed by atoms with van der Waals surface area (Å²) in [5.41, 5.74) is 0. The number of benzene rings is 1. The van der Waals surface area contributed by atoms with Gasteiger partial charge in [-0.15, -0.1) is 11.8 Å². The predicted octanol–water partition coefficient (Wildman–Crippen LogP) is 2.40. The Labute approximate surface area is 75.8 Å². The summed E-state index contributed by atoms with van der Waals surface area (Å²) in [5.74, 6) is 1.08. The molecule has 1 aromatic carbocycles. The highest BCUT2D eigenvalue weighted by molar-refractivity contribution is 7.99. The maximum Gasteiger partial charge on any atom is 0.115 e. The van der Waals surface area contributed by atoms with E-state index in [4.69, 9.17) is 10.4 Å². The summed E-state index contributed by atoms with van der Waals surface area (Å²) < 4.78 is 0. The van der Waals surface area contributed by atoms with Crippen LogP contribution in [0.25, 0.3) is 0 Å². The van der Waals surface area contributed by atoms with E-state index in [2.05, 4.69) is 6.07 Å². The van der Waals surface area contributed by atoms with Crippen LogP contribution in [-0.2, 0) is 0 Å². The van der Waals surface area contributed by atoms with Crippen LogP contribution in [0.5, 0.6) is 5.75 Å². The molecule has 0 atom stereocenters. The summed E-state index contributed by atoms with van der Waals surface area (Å²) in [6.45, 7) is 0. The smallest absolute Gasteiger partial charge is 0.115 e. The standard InChI is InChI=1S/C9H9NOS/c10-6-1-7-12-9-4-2-8(11)3-5-9/h2-5,11H,1,7H2. The van der Waals surface area contributed by atoms with Gasteiger partial charge < -0.3 is 5.11 Å². The Kier molecular flexibility index (Phi) is 3.49. The lowest BCUT2D eigenvalue weighted by molar-refractivity contribution is 0.475. The van der Waals surface area contributed by atoms with E-state index >= 15 is 0 Å². The number of rotatable bonds is 3. The lowest BCUT2D eigenvalue weighted by Gasteiger charge is -1.97. The molecule has 1 rings (SSSR count). The van der Waals surface area contributed by atoms with E-state index in [-0.39, 0.29) is 5.75 Å². The van der Waals surface area contributed by atoms with E-state index in [0.29, 0.717) is 6.42 Å². The minimum atomic E-state index is 0.277. The van der Waals surface area contributed by atoms with Crippen molar-refractivity contribution in [3.63, 3.8) is 0 Å². The summed E-state index contributed by atoms with van der Waals surface area (Å²) in [6, 6.07) is 9.06. The normalized spacial score (nSPS) is 9.25. The Morgan fingerprint density at radius 1 is 1.33 bits per heavy atom. The van der Waals surface area contributed by atoms with Crippen molar-refractivity contribution in [3.8, 4) is 11.8 Å². The third-order valence-electron chi connectivity index (χ3n) is 1.32. The largest absolute Gasteiger partial charge is 0.508 e. The van der Waals surface area contributed by atoms with Gasteiger partial charge in [0.1, 0.15) is 5.75 Å². The van der Waals surface area contributed by atoms with Gasteiger partial charge in [0.05, 0.1) is 6.07 Å². The lowest BCUT2D eigenvalue weighted by atomic mass is 10.3. The van der Waals surface area contributed by atoms with Crippen molar-refractivity contribution in [2.24, 2.45) is 0 Å². The van der Waals surface area contributed by atoms with Crippen LogP contribution >= 0.6 is 11.8 Å². The molecule has 0 aliphatic rings. The van der Waals surface area contributed by atoms with E-state index in [9.17, 15) is 0 Å². The first kappa shape index (κ1) is 8.95. The molecule has 12 heavy (non-hydrogen) atoms. The molecule has 0 fully saturated rings. The minimum Gasteiger partial charge on any atom is -0.508 e. The Bertz CT molecular complexity index is 276. The Balaban J connectivity index is 2.43. The highest BCUT2D eigenvalue weighted by Crippen LogP contribution is 2.20. The van der Waals surface area contributed by atoms with Crippen LogP contribution in [0, 0.1) is 11.3 Å². The third kappa shape index (κ3) is 2.85. The summed E-state index contributed by atoms with van der Waals surface area (Å²) in [5, 5.41) is 17.3. The number of hydrogen-bond acceptors (Lipinski definition) is 3. The van der Waals surface area contributed by atoms with Gasteiger partial charge in [-0.3, -0.25) is 0 Å². The molecule has 0 saturated heterocycles. The molecule has 0 saturated carbocycles. The van der Waals surface area contributed by atoms with Crippen LogP contribution in [-0.4, -0.2) is 10.9 Å². The molecular weight excluding hydrogens is 170 g/mol. The summed E-state index contributed by atoms with van der Waals surface area (Å²) in [7, 11) is 0. The van der Waals surface area contributed by atoms with E-state index in [0.717, 1.165) is 10.6 Å². The second kappa shape index (κ2) is 4.68. The first-order chi connectivity index (χ1) is 5.83. The Morgan fingerprint density at radius 3 is 2.58 bits per heavy atom. The van der Waals surface area contributed by atoms with Gasteiger partial charge in [0.25, 0.3) is 0 Å². The topological polar surface area (TPSA) is 44.0 Å². The number of hydrogen-bond donors (Lipinski definition) is 1. The van der Waals surface area contributed by atoms with Gasteiger partial charge >= 0.3 is 0 Å². The molecule has 62 valence electrons. The van der Waals surface area contributed by atoms with Gasteiger partial charge in [-0.2, -0.15) is 5.26 Å². The van der Waals surface area contributed by atoms with Gasteiger partial charge in [0, 0.05) is 17.1 Å². The Hall–Kier alpha value is -1.14. The average Bonchev–Trinajstić information content (AvgIpc) is 2.09. The van der Waals surface area contributed by atoms with Crippen LogP contribution in [0.3, 0.4) is 0 Å². The summed E-state index contributed by atoms with van der Waals surface area (Å²) >= 11 is 1.62. The van der Waals surface area contributed by atoms with E-state index in [1.165, 1.54) is 0 Å². The van der Waals surface area contributed by atoms with Crippen LogP contribution in [0.4, 0.5) is 0 Å². The second-order valence-corrected chi connectivity index (χ2v) is 3.42. The molecule has 0 spiro atoms. The molecule has 0 heterocycles. The van der Waals surface area contributed by atoms with Crippen molar-refractivity contribution in [1.82, 2.24) is 0 Å². The monoisotopic (exact) mass is 179 g/mol. The zero-order chi connectivity index (χ0) is 8.81. The predicted molar refractivity (Wildman–Crippen MR) is 49.1 cm³/mol. The molecule has 1 aromatic rings. The first-order valence-corrected chi connectivity index (χ1v) is 4.60. The SMILES string of the molecule is N#CCCSc1ccc(O)cc1. The van der Waals surface area contributed by atoms with Gasteiger partial charge in [-0.25, -0.2) is 0 Å². The second-order valence-electron chi connectivity index (χ2n) is 2.25. The van der Waals surface area contributed by atoms with Crippen molar-refractivity contribution in [2.75, 3.05) is 5.75 Å². The van der Waals surface area contributed by atoms with Crippen molar-refractivity contribution in [3.05, 3.63) is 24.3 Å². The molecule has 1 N–H and O–H groups in total. The summed E-state index contributed by atoms with van der Waals surface area (Å²) in [4.78, 5) is 1.09. The first-order valence-electron chi connectivity index (χ1n) is 3.61. The Morgan fingerprint density at radius 2 is 2.00 bits per heavy atom. The number of nitriles is 1. The minimum absolute atomic E-state index is 0.277. The molecule has 0 bridgehead atoms. The molecule has 0 unspecified atom stereocenters. The van der Waals surface area contributed by atoms with Crippen LogP contribution in [0.15, 0.2) is 29.2 Å². The van der Waals surface area contributed by atoms with E-state index < -0.39 is 0 Å². The fourth-order valence-corrected chi connectivity index (χ4v) is 1.51. The number of phenolic OH excluding ortho intramolecular Hbond substituents is 1. The molecular formula is C9H9NOS. The lowest BCUT2D eigenvalue weighted by Crippen LogP contribution is -1.75. The van der Waals surface area contributed by atoms with Crippen LogP contribution in [0.1, 0.15) is 6.42 Å². The van der Waals surface area contributed by atoms with Crippen molar-refractivity contribution in [1.29, 1.82) is 5.26 Å². The van der Waals surface area contributed by atoms with Crippen molar-refractivity contribution in [2.45, 2.75) is 11.3 Å². The zero-order valence-corrected chi connectivity index (χ0v) is 7.34. The van der Waals surface area contributed by atoms with Crippen LogP contribution in [0.2, 0.25) is 0 Å². The van der Waals surface area contributed by atoms with E-state index in [1.54, 1.807) is 23.9 Å². The zero-order valence-electron chi connectivity index (χ0n) is 6.53. The fraction of sp³-hybridized carbons (Fsp3) is 0.222. The van der Waals surface area contributed by atoms with Gasteiger partial charge in [-0.05, 0) is 24.3 Å². The number of thioether (sulfide) groups is 1.